The molecular weight excluding hydrogens is 374 g/mol. The number of hydrogen-bond acceptors (Lipinski definition) is 7. The summed E-state index contributed by atoms with van der Waals surface area (Å²) in [5.74, 6) is -0.718. The molecule has 8 nitrogen and oxygen atoms in total. The number of carboxylic acid groups (broad SMARTS) is 1. The highest BCUT2D eigenvalue weighted by Crippen LogP contribution is 2.52. The highest BCUT2D eigenvalue weighted by molar-refractivity contribution is 5.94. The molecule has 0 amide bonds. The molecule has 0 fully saturated rings. The van der Waals surface area contributed by atoms with E-state index in [9.17, 15) is 15.2 Å². The van der Waals surface area contributed by atoms with Crippen molar-refractivity contribution in [3.05, 3.63) is 51.9 Å². The topological polar surface area (TPSA) is 114 Å². The number of fused-ring (bicyclic) bond motifs is 2. The number of benzene rings is 1. The highest BCUT2D eigenvalue weighted by atomic mass is 16.7. The van der Waals surface area contributed by atoms with Crippen molar-refractivity contribution in [3.63, 3.8) is 0 Å². The molecule has 148 valence electrons. The number of pyridine rings is 1. The van der Waals surface area contributed by atoms with Gasteiger partial charge >= 0.3 is 5.97 Å². The fourth-order valence-corrected chi connectivity index (χ4v) is 3.84. The van der Waals surface area contributed by atoms with Crippen molar-refractivity contribution >= 4 is 11.7 Å². The van der Waals surface area contributed by atoms with Gasteiger partial charge in [-0.3, -0.25) is 0 Å². The molecule has 8 heteroatoms. The number of carboxylic acids is 1. The van der Waals surface area contributed by atoms with Crippen molar-refractivity contribution in [1.82, 2.24) is 4.98 Å². The average Bonchev–Trinajstić information content (AvgIpc) is 3.18. The van der Waals surface area contributed by atoms with Gasteiger partial charge in [-0.15, -0.1) is 0 Å². The Hall–Kier alpha value is -3.73. The predicted octanol–water partition coefficient (Wildman–Crippen LogP) is 3.31. The molecule has 0 aliphatic carbocycles. The Morgan fingerprint density at radius 2 is 2.14 bits per heavy atom. The van der Waals surface area contributed by atoms with E-state index >= 15 is 0 Å². The van der Waals surface area contributed by atoms with E-state index in [1.54, 1.807) is 25.3 Å². The maximum Gasteiger partial charge on any atom is 0.334 e. The second-order valence-corrected chi connectivity index (χ2v) is 6.75. The van der Waals surface area contributed by atoms with Gasteiger partial charge in [0, 0.05) is 17.5 Å². The van der Waals surface area contributed by atoms with Crippen LogP contribution in [0.2, 0.25) is 0 Å². The van der Waals surface area contributed by atoms with E-state index < -0.39 is 11.9 Å². The molecule has 0 radical (unpaired) electrons. The zero-order valence-corrected chi connectivity index (χ0v) is 16.2. The van der Waals surface area contributed by atoms with Gasteiger partial charge in [0.2, 0.25) is 12.7 Å². The van der Waals surface area contributed by atoms with Crippen molar-refractivity contribution in [3.8, 4) is 23.4 Å². The minimum Gasteiger partial charge on any atom is -0.478 e. The minimum atomic E-state index is -1.06. The van der Waals surface area contributed by atoms with Gasteiger partial charge in [0.05, 0.1) is 34.9 Å². The van der Waals surface area contributed by atoms with Crippen molar-refractivity contribution in [2.45, 2.75) is 26.7 Å². The van der Waals surface area contributed by atoms with Gasteiger partial charge in [0.15, 0.2) is 11.5 Å². The monoisotopic (exact) mass is 393 g/mol. The number of hydrogen-bond donors (Lipinski definition) is 2. The number of nitrogens with zero attached hydrogens (tertiary/aromatic N) is 2. The molecule has 2 aliphatic heterocycles. The van der Waals surface area contributed by atoms with E-state index in [0.717, 1.165) is 11.3 Å². The lowest BCUT2D eigenvalue weighted by Crippen LogP contribution is -2.25. The third-order valence-electron chi connectivity index (χ3n) is 5.06. The Bertz CT molecular complexity index is 1100. The van der Waals surface area contributed by atoms with E-state index in [2.05, 4.69) is 16.4 Å². The molecule has 4 rings (SSSR count). The van der Waals surface area contributed by atoms with Crippen LogP contribution in [-0.4, -0.2) is 29.5 Å². The first-order chi connectivity index (χ1) is 14.0. The lowest BCUT2D eigenvalue weighted by Gasteiger charge is -2.31. The van der Waals surface area contributed by atoms with E-state index in [-0.39, 0.29) is 12.4 Å². The Kier molecular flexibility index (Phi) is 4.51. The van der Waals surface area contributed by atoms with Crippen LogP contribution in [0.1, 0.15) is 42.0 Å². The molecule has 0 spiro atoms. The van der Waals surface area contributed by atoms with E-state index in [4.69, 9.17) is 14.2 Å². The summed E-state index contributed by atoms with van der Waals surface area (Å²) < 4.78 is 16.9. The van der Waals surface area contributed by atoms with Gasteiger partial charge < -0.3 is 24.6 Å². The standard InChI is InChI=1S/C21H19N3O5/c1-4-27-20-16-15(13-6-5-12(7-22)18-19(13)29-9-28-18)14(21(25)26)11(3)24-17(16)10(2)8-23-20/h5-6,8,15,24H,4,9H2,1-3H3,(H,25,26). The molecule has 0 saturated carbocycles. The van der Waals surface area contributed by atoms with Gasteiger partial charge in [-0.1, -0.05) is 6.07 Å². The molecule has 3 heterocycles. The van der Waals surface area contributed by atoms with Gasteiger partial charge in [-0.2, -0.15) is 5.26 Å². The van der Waals surface area contributed by atoms with Gasteiger partial charge in [-0.25, -0.2) is 9.78 Å². The van der Waals surface area contributed by atoms with Crippen LogP contribution in [0.4, 0.5) is 5.69 Å². The molecule has 1 aromatic carbocycles. The largest absolute Gasteiger partial charge is 0.478 e. The molecule has 2 aromatic rings. The van der Waals surface area contributed by atoms with Crippen molar-refractivity contribution < 1.29 is 24.1 Å². The van der Waals surface area contributed by atoms with Crippen LogP contribution in [0.5, 0.6) is 17.4 Å². The summed E-state index contributed by atoms with van der Waals surface area (Å²) in [5.41, 5.74) is 3.84. The summed E-state index contributed by atoms with van der Waals surface area (Å²) in [5, 5.41) is 22.6. The third kappa shape index (κ3) is 2.83. The first-order valence-corrected chi connectivity index (χ1v) is 9.13. The fraction of sp³-hybridized carbons (Fsp3) is 0.286. The highest BCUT2D eigenvalue weighted by Gasteiger charge is 2.39. The van der Waals surface area contributed by atoms with Crippen molar-refractivity contribution in [2.75, 3.05) is 18.7 Å². The molecule has 1 aromatic heterocycles. The summed E-state index contributed by atoms with van der Waals surface area (Å²) in [6.45, 7) is 5.81. The summed E-state index contributed by atoms with van der Waals surface area (Å²) in [7, 11) is 0. The number of ether oxygens (including phenoxy) is 3. The van der Waals surface area contributed by atoms with Crippen LogP contribution in [0.25, 0.3) is 0 Å². The molecule has 0 bridgehead atoms. The summed E-state index contributed by atoms with van der Waals surface area (Å²) >= 11 is 0. The number of aliphatic carboxylic acids is 1. The minimum absolute atomic E-state index is 0.0334. The Balaban J connectivity index is 2.05. The van der Waals surface area contributed by atoms with Crippen molar-refractivity contribution in [2.24, 2.45) is 0 Å². The number of anilines is 1. The third-order valence-corrected chi connectivity index (χ3v) is 5.06. The second-order valence-electron chi connectivity index (χ2n) is 6.75. The maximum absolute atomic E-state index is 12.3. The Labute approximate surface area is 167 Å². The summed E-state index contributed by atoms with van der Waals surface area (Å²) in [6.07, 6.45) is 1.69. The van der Waals surface area contributed by atoms with Crippen LogP contribution in [-0.2, 0) is 4.79 Å². The number of nitrogens with one attached hydrogen (secondary N) is 1. The zero-order chi connectivity index (χ0) is 20.7. The number of rotatable bonds is 4. The van der Waals surface area contributed by atoms with Gasteiger partial charge in [0.25, 0.3) is 0 Å². The van der Waals surface area contributed by atoms with Gasteiger partial charge in [0.1, 0.15) is 6.07 Å². The summed E-state index contributed by atoms with van der Waals surface area (Å²) in [4.78, 5) is 16.7. The molecule has 1 unspecified atom stereocenters. The van der Waals surface area contributed by atoms with Crippen LogP contribution in [0.15, 0.2) is 29.6 Å². The SMILES string of the molecule is CCOc1ncc(C)c2c1C(c1ccc(C#N)c3c1OCO3)C(C(=O)O)=C(C)N2. The summed E-state index contributed by atoms with van der Waals surface area (Å²) in [6, 6.07) is 5.40. The zero-order valence-electron chi connectivity index (χ0n) is 16.2. The van der Waals surface area contributed by atoms with Gasteiger partial charge in [-0.05, 0) is 32.4 Å². The smallest absolute Gasteiger partial charge is 0.334 e. The lowest BCUT2D eigenvalue weighted by atomic mass is 9.79. The predicted molar refractivity (Wildman–Crippen MR) is 103 cm³/mol. The average molecular weight is 393 g/mol. The second kappa shape index (κ2) is 7.02. The van der Waals surface area contributed by atoms with E-state index in [1.165, 1.54) is 0 Å². The number of aromatic nitrogens is 1. The molecular formula is C21H19N3O5. The molecule has 1 atom stereocenters. The maximum atomic E-state index is 12.3. The van der Waals surface area contributed by atoms with Crippen LogP contribution < -0.4 is 19.5 Å². The molecule has 2 aliphatic rings. The number of aryl methyl sites for hydroxylation is 1. The quantitative estimate of drug-likeness (QED) is 0.813. The Morgan fingerprint density at radius 3 is 2.83 bits per heavy atom. The number of carbonyl (C=O) groups is 1. The molecule has 29 heavy (non-hydrogen) atoms. The first kappa shape index (κ1) is 18.6. The fourth-order valence-electron chi connectivity index (χ4n) is 3.84. The van der Waals surface area contributed by atoms with E-state index in [1.807, 2.05) is 13.8 Å². The number of allylic oxidation sites excluding steroid dienone is 1. The van der Waals surface area contributed by atoms with Crippen LogP contribution in [0, 0.1) is 18.3 Å². The normalized spacial score (nSPS) is 16.7. The lowest BCUT2D eigenvalue weighted by molar-refractivity contribution is -0.133. The molecule has 2 N–H and O–H groups in total. The van der Waals surface area contributed by atoms with E-state index in [0.29, 0.717) is 46.4 Å². The van der Waals surface area contributed by atoms with Crippen LogP contribution in [0.3, 0.4) is 0 Å². The van der Waals surface area contributed by atoms with Crippen LogP contribution >= 0.6 is 0 Å². The molecule has 0 saturated heterocycles. The number of nitriles is 1. The first-order valence-electron chi connectivity index (χ1n) is 9.13. The Morgan fingerprint density at radius 1 is 1.38 bits per heavy atom. The van der Waals surface area contributed by atoms with Crippen molar-refractivity contribution in [1.29, 1.82) is 5.26 Å².